The predicted molar refractivity (Wildman–Crippen MR) is 68.2 cm³/mol. The van der Waals surface area contributed by atoms with Crippen molar-refractivity contribution in [3.8, 4) is 0 Å². The van der Waals surface area contributed by atoms with Crippen molar-refractivity contribution in [1.29, 1.82) is 0 Å². The van der Waals surface area contributed by atoms with E-state index >= 15 is 0 Å². The molecule has 2 heterocycles. The molecule has 0 amide bonds. The maximum atomic E-state index is 12.6. The van der Waals surface area contributed by atoms with Gasteiger partial charge in [-0.15, -0.1) is 0 Å². The summed E-state index contributed by atoms with van der Waals surface area (Å²) in [5, 5.41) is 3.26. The van der Waals surface area contributed by atoms with Crippen molar-refractivity contribution in [1.82, 2.24) is 10.3 Å². The van der Waals surface area contributed by atoms with Gasteiger partial charge in [0.2, 0.25) is 0 Å². The Hall–Kier alpha value is -1.30. The fourth-order valence-corrected chi connectivity index (χ4v) is 2.24. The minimum Gasteiger partial charge on any atom is -0.356 e. The zero-order chi connectivity index (χ0) is 14.1. The molecule has 1 aromatic heterocycles. The highest BCUT2D eigenvalue weighted by Gasteiger charge is 2.34. The summed E-state index contributed by atoms with van der Waals surface area (Å²) in [6.07, 6.45) is -2.60. The Balaban J connectivity index is 2.12. The molecule has 106 valence electrons. The SMILES string of the molecule is CNC1(C)CCN(c2cccc(C(F)(F)F)n2)CC1. The predicted octanol–water partition coefficient (Wildman–Crippen LogP) is 2.68. The van der Waals surface area contributed by atoms with Crippen molar-refractivity contribution in [2.24, 2.45) is 0 Å². The molecule has 0 spiro atoms. The van der Waals surface area contributed by atoms with Crippen molar-refractivity contribution < 1.29 is 13.2 Å². The van der Waals surface area contributed by atoms with Crippen LogP contribution in [0.2, 0.25) is 0 Å². The van der Waals surface area contributed by atoms with Crippen LogP contribution in [0, 0.1) is 0 Å². The van der Waals surface area contributed by atoms with Gasteiger partial charge in [-0.1, -0.05) is 6.07 Å². The van der Waals surface area contributed by atoms with Gasteiger partial charge in [0.1, 0.15) is 11.5 Å². The Morgan fingerprint density at radius 3 is 2.42 bits per heavy atom. The van der Waals surface area contributed by atoms with E-state index in [0.717, 1.165) is 18.9 Å². The number of aromatic nitrogens is 1. The minimum absolute atomic E-state index is 0.0676. The molecular weight excluding hydrogens is 255 g/mol. The lowest BCUT2D eigenvalue weighted by Crippen LogP contribution is -2.50. The van der Waals surface area contributed by atoms with Crippen LogP contribution in [0.5, 0.6) is 0 Å². The molecule has 1 aliphatic rings. The molecule has 0 aliphatic carbocycles. The van der Waals surface area contributed by atoms with Crippen molar-refractivity contribution in [3.63, 3.8) is 0 Å². The van der Waals surface area contributed by atoms with Crippen LogP contribution in [0.1, 0.15) is 25.5 Å². The number of pyridine rings is 1. The number of halogens is 3. The normalized spacial score (nSPS) is 19.5. The van der Waals surface area contributed by atoms with Gasteiger partial charge in [0, 0.05) is 18.6 Å². The molecule has 3 nitrogen and oxygen atoms in total. The molecule has 0 radical (unpaired) electrons. The first kappa shape index (κ1) is 14.1. The zero-order valence-corrected chi connectivity index (χ0v) is 11.1. The number of rotatable bonds is 2. The van der Waals surface area contributed by atoms with Crippen molar-refractivity contribution in [2.45, 2.75) is 31.5 Å². The first-order valence-electron chi connectivity index (χ1n) is 6.32. The molecule has 1 saturated heterocycles. The molecule has 1 N–H and O–H groups in total. The maximum absolute atomic E-state index is 12.6. The van der Waals surface area contributed by atoms with E-state index in [1.54, 1.807) is 6.07 Å². The van der Waals surface area contributed by atoms with Gasteiger partial charge in [-0.25, -0.2) is 4.98 Å². The summed E-state index contributed by atoms with van der Waals surface area (Å²) >= 11 is 0. The Kier molecular flexibility index (Phi) is 3.71. The number of hydrogen-bond acceptors (Lipinski definition) is 3. The van der Waals surface area contributed by atoms with Crippen LogP contribution in [0.15, 0.2) is 18.2 Å². The van der Waals surface area contributed by atoms with E-state index in [1.165, 1.54) is 6.07 Å². The van der Waals surface area contributed by atoms with Crippen LogP contribution in [0.25, 0.3) is 0 Å². The van der Waals surface area contributed by atoms with Gasteiger partial charge < -0.3 is 10.2 Å². The molecule has 1 aromatic rings. The fraction of sp³-hybridized carbons (Fsp3) is 0.615. The second kappa shape index (κ2) is 5.00. The number of alkyl halides is 3. The van der Waals surface area contributed by atoms with Gasteiger partial charge >= 0.3 is 6.18 Å². The third-order valence-electron chi connectivity index (χ3n) is 3.82. The van der Waals surface area contributed by atoms with Crippen molar-refractivity contribution in [3.05, 3.63) is 23.9 Å². The van der Waals surface area contributed by atoms with E-state index in [4.69, 9.17) is 0 Å². The summed E-state index contributed by atoms with van der Waals surface area (Å²) in [7, 11) is 1.91. The standard InChI is InChI=1S/C13H18F3N3/c1-12(17-2)6-8-19(9-7-12)11-5-3-4-10(18-11)13(14,15)16/h3-5,17H,6-9H2,1-2H3. The summed E-state index contributed by atoms with van der Waals surface area (Å²) in [5.74, 6) is 0.410. The molecule has 6 heteroatoms. The highest BCUT2D eigenvalue weighted by molar-refractivity contribution is 5.40. The fourth-order valence-electron chi connectivity index (χ4n) is 2.24. The molecular formula is C13H18F3N3. The summed E-state index contributed by atoms with van der Waals surface area (Å²) in [6, 6.07) is 4.06. The average molecular weight is 273 g/mol. The van der Waals surface area contributed by atoms with Crippen LogP contribution in [0.4, 0.5) is 19.0 Å². The second-order valence-corrected chi connectivity index (χ2v) is 5.18. The third-order valence-corrected chi connectivity index (χ3v) is 3.82. The molecule has 0 unspecified atom stereocenters. The molecule has 0 bridgehead atoms. The summed E-state index contributed by atoms with van der Waals surface area (Å²) in [5.41, 5.74) is -0.759. The van der Waals surface area contributed by atoms with Gasteiger partial charge in [0.25, 0.3) is 0 Å². The number of nitrogens with one attached hydrogen (secondary N) is 1. The first-order valence-corrected chi connectivity index (χ1v) is 6.32. The number of anilines is 1. The highest BCUT2D eigenvalue weighted by atomic mass is 19.4. The van der Waals surface area contributed by atoms with Gasteiger partial charge in [-0.3, -0.25) is 0 Å². The lowest BCUT2D eigenvalue weighted by Gasteiger charge is -2.39. The average Bonchev–Trinajstić information content (AvgIpc) is 2.39. The quantitative estimate of drug-likeness (QED) is 0.898. The minimum atomic E-state index is -4.38. The van der Waals surface area contributed by atoms with E-state index in [-0.39, 0.29) is 5.54 Å². The lowest BCUT2D eigenvalue weighted by molar-refractivity contribution is -0.141. The summed E-state index contributed by atoms with van der Waals surface area (Å²) in [6.45, 7) is 3.56. The van der Waals surface area contributed by atoms with Gasteiger partial charge in [0.05, 0.1) is 0 Å². The number of hydrogen-bond donors (Lipinski definition) is 1. The largest absolute Gasteiger partial charge is 0.433 e. The smallest absolute Gasteiger partial charge is 0.356 e. The molecule has 0 aromatic carbocycles. The van der Waals surface area contributed by atoms with Gasteiger partial charge in [-0.05, 0) is 38.9 Å². The van der Waals surface area contributed by atoms with E-state index in [1.807, 2.05) is 11.9 Å². The molecule has 19 heavy (non-hydrogen) atoms. The van der Waals surface area contributed by atoms with Gasteiger partial charge in [0.15, 0.2) is 0 Å². The highest BCUT2D eigenvalue weighted by Crippen LogP contribution is 2.30. The van der Waals surface area contributed by atoms with Crippen LogP contribution in [-0.4, -0.2) is 30.7 Å². The van der Waals surface area contributed by atoms with E-state index in [0.29, 0.717) is 18.9 Å². The molecule has 1 fully saturated rings. The van der Waals surface area contributed by atoms with E-state index < -0.39 is 11.9 Å². The van der Waals surface area contributed by atoms with Crippen LogP contribution >= 0.6 is 0 Å². The van der Waals surface area contributed by atoms with Crippen LogP contribution < -0.4 is 10.2 Å². The molecule has 2 rings (SSSR count). The zero-order valence-electron chi connectivity index (χ0n) is 11.1. The number of piperidine rings is 1. The first-order chi connectivity index (χ1) is 8.84. The Morgan fingerprint density at radius 1 is 1.26 bits per heavy atom. The Labute approximate surface area is 110 Å². The topological polar surface area (TPSA) is 28.2 Å². The summed E-state index contributed by atoms with van der Waals surface area (Å²) < 4.78 is 37.9. The Bertz CT molecular complexity index is 437. The monoisotopic (exact) mass is 273 g/mol. The van der Waals surface area contributed by atoms with Crippen LogP contribution in [0.3, 0.4) is 0 Å². The Morgan fingerprint density at radius 2 is 1.89 bits per heavy atom. The lowest BCUT2D eigenvalue weighted by atomic mass is 9.90. The third kappa shape index (κ3) is 3.18. The van der Waals surface area contributed by atoms with Gasteiger partial charge in [-0.2, -0.15) is 13.2 Å². The summed E-state index contributed by atoms with van der Waals surface area (Å²) in [4.78, 5) is 5.63. The van der Waals surface area contributed by atoms with Crippen molar-refractivity contribution in [2.75, 3.05) is 25.0 Å². The maximum Gasteiger partial charge on any atom is 0.433 e. The van der Waals surface area contributed by atoms with E-state index in [9.17, 15) is 13.2 Å². The molecule has 0 atom stereocenters. The molecule has 1 aliphatic heterocycles. The van der Waals surface area contributed by atoms with Crippen molar-refractivity contribution >= 4 is 5.82 Å². The second-order valence-electron chi connectivity index (χ2n) is 5.18. The van der Waals surface area contributed by atoms with E-state index in [2.05, 4.69) is 17.2 Å². The number of nitrogens with zero attached hydrogens (tertiary/aromatic N) is 2. The van der Waals surface area contributed by atoms with Crippen LogP contribution in [-0.2, 0) is 6.18 Å². The molecule has 0 saturated carbocycles.